The average molecular weight is 218 g/mol. The second kappa shape index (κ2) is 4.52. The minimum absolute atomic E-state index is 0.0611. The van der Waals surface area contributed by atoms with E-state index in [1.165, 1.54) is 12.1 Å². The number of aryl methyl sites for hydroxylation is 1. The Bertz CT molecular complexity index is 400. The lowest BCUT2D eigenvalue weighted by Crippen LogP contribution is -2.08. The molecule has 1 aromatic carbocycles. The lowest BCUT2D eigenvalue weighted by atomic mass is 10.2. The van der Waals surface area contributed by atoms with Crippen LogP contribution >= 0.6 is 0 Å². The van der Waals surface area contributed by atoms with Crippen LogP contribution in [0.3, 0.4) is 0 Å². The van der Waals surface area contributed by atoms with Gasteiger partial charge in [-0.25, -0.2) is 4.39 Å². The molecule has 0 saturated carbocycles. The van der Waals surface area contributed by atoms with Crippen molar-refractivity contribution in [3.05, 3.63) is 29.8 Å². The molecule has 0 radical (unpaired) electrons. The highest BCUT2D eigenvalue weighted by molar-refractivity contribution is 7.86. The van der Waals surface area contributed by atoms with Crippen molar-refractivity contribution in [2.24, 2.45) is 0 Å². The molecule has 5 heteroatoms. The first kappa shape index (κ1) is 11.1. The zero-order valence-electron chi connectivity index (χ0n) is 7.73. The van der Waals surface area contributed by atoms with Gasteiger partial charge in [0.15, 0.2) is 0 Å². The summed E-state index contributed by atoms with van der Waals surface area (Å²) in [5.74, 6) is 0. The number of alkyl halides is 1. The molecular formula is C9H11FO3S. The van der Waals surface area contributed by atoms with Gasteiger partial charge in [-0.2, -0.15) is 8.42 Å². The van der Waals surface area contributed by atoms with Gasteiger partial charge in [0.05, 0.1) is 11.5 Å². The third-order valence-corrected chi connectivity index (χ3v) is 2.90. The molecular weight excluding hydrogens is 207 g/mol. The third-order valence-electron chi connectivity index (χ3n) is 1.59. The van der Waals surface area contributed by atoms with Gasteiger partial charge < -0.3 is 0 Å². The van der Waals surface area contributed by atoms with E-state index in [-0.39, 0.29) is 4.90 Å². The molecule has 0 aliphatic rings. The summed E-state index contributed by atoms with van der Waals surface area (Å²) in [4.78, 5) is 0.0611. The van der Waals surface area contributed by atoms with Crippen molar-refractivity contribution in [3.8, 4) is 0 Å². The second-order valence-corrected chi connectivity index (χ2v) is 4.40. The van der Waals surface area contributed by atoms with Crippen LogP contribution in [-0.2, 0) is 14.3 Å². The molecule has 3 nitrogen and oxygen atoms in total. The first-order chi connectivity index (χ1) is 6.56. The van der Waals surface area contributed by atoms with Gasteiger partial charge in [-0.05, 0) is 24.6 Å². The number of hydrogen-bond donors (Lipinski definition) is 0. The Balaban J connectivity index is 2.93. The topological polar surface area (TPSA) is 43.4 Å². The van der Waals surface area contributed by atoms with Gasteiger partial charge in [0.2, 0.25) is 0 Å². The van der Waals surface area contributed by atoms with E-state index in [0.29, 0.717) is 0 Å². The fourth-order valence-electron chi connectivity index (χ4n) is 0.980. The van der Waals surface area contributed by atoms with E-state index >= 15 is 0 Å². The van der Waals surface area contributed by atoms with Gasteiger partial charge in [-0.3, -0.25) is 4.18 Å². The van der Waals surface area contributed by atoms with E-state index in [0.717, 1.165) is 5.56 Å². The van der Waals surface area contributed by atoms with Crippen LogP contribution in [0.4, 0.5) is 4.39 Å². The summed E-state index contributed by atoms with van der Waals surface area (Å²) in [6.07, 6.45) is 0. The Morgan fingerprint density at radius 1 is 1.43 bits per heavy atom. The third kappa shape index (κ3) is 2.78. The Morgan fingerprint density at radius 2 is 2.14 bits per heavy atom. The fourth-order valence-corrected chi connectivity index (χ4v) is 1.97. The van der Waals surface area contributed by atoms with Crippen molar-refractivity contribution >= 4 is 10.1 Å². The van der Waals surface area contributed by atoms with E-state index in [2.05, 4.69) is 4.18 Å². The maximum Gasteiger partial charge on any atom is 0.297 e. The maximum absolute atomic E-state index is 11.7. The van der Waals surface area contributed by atoms with Crippen LogP contribution in [0.25, 0.3) is 0 Å². The molecule has 0 heterocycles. The molecule has 0 aliphatic heterocycles. The van der Waals surface area contributed by atoms with Crippen molar-refractivity contribution < 1.29 is 17.0 Å². The maximum atomic E-state index is 11.7. The van der Waals surface area contributed by atoms with E-state index in [1.54, 1.807) is 19.1 Å². The normalized spacial score (nSPS) is 11.6. The van der Waals surface area contributed by atoms with Crippen LogP contribution in [0.15, 0.2) is 29.2 Å². The van der Waals surface area contributed by atoms with Crippen LogP contribution in [-0.4, -0.2) is 21.7 Å². The van der Waals surface area contributed by atoms with Crippen molar-refractivity contribution in [3.63, 3.8) is 0 Å². The van der Waals surface area contributed by atoms with Gasteiger partial charge in [0, 0.05) is 0 Å². The molecule has 0 atom stereocenters. The second-order valence-electron chi connectivity index (χ2n) is 2.78. The number of rotatable bonds is 4. The highest BCUT2D eigenvalue weighted by Gasteiger charge is 2.14. The van der Waals surface area contributed by atoms with E-state index < -0.39 is 23.4 Å². The van der Waals surface area contributed by atoms with Crippen LogP contribution in [0.5, 0.6) is 0 Å². The fraction of sp³-hybridized carbons (Fsp3) is 0.333. The average Bonchev–Trinajstić information content (AvgIpc) is 2.15. The molecule has 0 aromatic heterocycles. The van der Waals surface area contributed by atoms with Gasteiger partial charge in [-0.15, -0.1) is 0 Å². The lowest BCUT2D eigenvalue weighted by molar-refractivity contribution is 0.277. The van der Waals surface area contributed by atoms with Gasteiger partial charge in [0.1, 0.15) is 6.67 Å². The van der Waals surface area contributed by atoms with Gasteiger partial charge >= 0.3 is 0 Å². The first-order valence-electron chi connectivity index (χ1n) is 4.08. The lowest BCUT2D eigenvalue weighted by Gasteiger charge is -2.03. The van der Waals surface area contributed by atoms with E-state index in [4.69, 9.17) is 0 Å². The quantitative estimate of drug-likeness (QED) is 0.722. The summed E-state index contributed by atoms with van der Waals surface area (Å²) in [5.41, 5.74) is 0.815. The Morgan fingerprint density at radius 3 is 2.71 bits per heavy atom. The number of hydrogen-bond acceptors (Lipinski definition) is 3. The van der Waals surface area contributed by atoms with E-state index in [9.17, 15) is 12.8 Å². The molecule has 0 N–H and O–H groups in total. The zero-order valence-corrected chi connectivity index (χ0v) is 8.55. The minimum Gasteiger partial charge on any atom is -0.264 e. The van der Waals surface area contributed by atoms with Crippen molar-refractivity contribution in [2.75, 3.05) is 13.3 Å². The number of benzene rings is 1. The van der Waals surface area contributed by atoms with Crippen LogP contribution in [0, 0.1) is 6.92 Å². The Hall–Kier alpha value is -0.940. The molecule has 0 amide bonds. The molecule has 0 unspecified atom stereocenters. The monoisotopic (exact) mass is 218 g/mol. The summed E-state index contributed by atoms with van der Waals surface area (Å²) in [7, 11) is -3.78. The van der Waals surface area contributed by atoms with Crippen LogP contribution in [0.1, 0.15) is 5.56 Å². The molecule has 1 aromatic rings. The summed E-state index contributed by atoms with van der Waals surface area (Å²) in [6, 6.07) is 6.28. The summed E-state index contributed by atoms with van der Waals surface area (Å²) in [6.45, 7) is 0.523. The van der Waals surface area contributed by atoms with E-state index in [1.807, 2.05) is 0 Å². The number of halogens is 1. The van der Waals surface area contributed by atoms with Crippen molar-refractivity contribution in [1.29, 1.82) is 0 Å². The molecule has 0 fully saturated rings. The predicted molar refractivity (Wildman–Crippen MR) is 50.3 cm³/mol. The molecule has 1 rings (SSSR count). The zero-order chi connectivity index (χ0) is 10.6. The van der Waals surface area contributed by atoms with Crippen LogP contribution < -0.4 is 0 Å². The molecule has 0 saturated heterocycles. The predicted octanol–water partition coefficient (Wildman–Crippen LogP) is 1.67. The van der Waals surface area contributed by atoms with Crippen molar-refractivity contribution in [1.82, 2.24) is 0 Å². The molecule has 0 bridgehead atoms. The standard InChI is InChI=1S/C9H11FO3S/c1-8-3-2-4-9(7-8)14(11,12)13-6-5-10/h2-4,7H,5-6H2,1H3. The molecule has 0 spiro atoms. The summed E-state index contributed by atoms with van der Waals surface area (Å²) >= 11 is 0. The SMILES string of the molecule is Cc1cccc(S(=O)(=O)OCCF)c1. The highest BCUT2D eigenvalue weighted by Crippen LogP contribution is 2.13. The summed E-state index contributed by atoms with van der Waals surface area (Å²) < 4.78 is 38.9. The Labute approximate surface area is 82.6 Å². The molecule has 78 valence electrons. The van der Waals surface area contributed by atoms with Gasteiger partial charge in [0.25, 0.3) is 10.1 Å². The van der Waals surface area contributed by atoms with Crippen molar-refractivity contribution in [2.45, 2.75) is 11.8 Å². The molecule has 0 aliphatic carbocycles. The van der Waals surface area contributed by atoms with Gasteiger partial charge in [-0.1, -0.05) is 12.1 Å². The molecule has 14 heavy (non-hydrogen) atoms. The van der Waals surface area contributed by atoms with Crippen LogP contribution in [0.2, 0.25) is 0 Å². The largest absolute Gasteiger partial charge is 0.297 e. The smallest absolute Gasteiger partial charge is 0.264 e. The Kier molecular flexibility index (Phi) is 3.60. The first-order valence-corrected chi connectivity index (χ1v) is 5.49. The highest BCUT2D eigenvalue weighted by atomic mass is 32.2. The summed E-state index contributed by atoms with van der Waals surface area (Å²) in [5, 5.41) is 0. The minimum atomic E-state index is -3.78.